The van der Waals surface area contributed by atoms with Gasteiger partial charge in [0.05, 0.1) is 12.0 Å². The van der Waals surface area contributed by atoms with E-state index in [0.717, 1.165) is 0 Å². The lowest BCUT2D eigenvalue weighted by atomic mass is 10.0. The van der Waals surface area contributed by atoms with Gasteiger partial charge in [0.1, 0.15) is 6.07 Å². The number of carbonyl (C=O) groups is 1. The average Bonchev–Trinajstić information content (AvgIpc) is 2.15. The molecule has 0 atom stereocenters. The number of nitriles is 1. The summed E-state index contributed by atoms with van der Waals surface area (Å²) in [5, 5.41) is 17.5. The van der Waals surface area contributed by atoms with Gasteiger partial charge in [0, 0.05) is 10.8 Å². The number of hydrogen-bond acceptors (Lipinski definition) is 3. The summed E-state index contributed by atoms with van der Waals surface area (Å²) in [5.74, 6) is -0.753. The highest BCUT2D eigenvalue weighted by molar-refractivity contribution is 7.80. The molecule has 1 rings (SSSR count). The van der Waals surface area contributed by atoms with Crippen molar-refractivity contribution in [2.24, 2.45) is 0 Å². The van der Waals surface area contributed by atoms with E-state index in [-0.39, 0.29) is 12.3 Å². The third-order valence-electron chi connectivity index (χ3n) is 1.87. The standard InChI is InChI=1S/C10H8ClNO2S/c11-4-7-1-6(3-10(13)14)2-9(15)8(7)5-12/h1-2,15H,3-4H2,(H,13,14). The van der Waals surface area contributed by atoms with Gasteiger partial charge in [-0.3, -0.25) is 4.79 Å². The van der Waals surface area contributed by atoms with Crippen molar-refractivity contribution in [2.75, 3.05) is 0 Å². The third kappa shape index (κ3) is 2.88. The topological polar surface area (TPSA) is 61.1 Å². The van der Waals surface area contributed by atoms with Gasteiger partial charge < -0.3 is 5.11 Å². The zero-order chi connectivity index (χ0) is 11.4. The number of nitrogens with zero attached hydrogens (tertiary/aromatic N) is 1. The molecule has 0 bridgehead atoms. The summed E-state index contributed by atoms with van der Waals surface area (Å²) in [6.07, 6.45) is -0.0941. The molecule has 0 saturated heterocycles. The predicted octanol–water partition coefficient (Wildman–Crippen LogP) is 2.21. The minimum absolute atomic E-state index is 0.0941. The number of carboxylic acid groups (broad SMARTS) is 1. The number of hydrogen-bond donors (Lipinski definition) is 2. The SMILES string of the molecule is N#Cc1c(S)cc(CC(=O)O)cc1CCl. The van der Waals surface area contributed by atoms with Gasteiger partial charge in [-0.25, -0.2) is 0 Å². The normalized spacial score (nSPS) is 9.67. The first-order chi connectivity index (χ1) is 7.08. The van der Waals surface area contributed by atoms with E-state index in [1.165, 1.54) is 0 Å². The second kappa shape index (κ2) is 5.06. The van der Waals surface area contributed by atoms with Crippen molar-refractivity contribution in [3.63, 3.8) is 0 Å². The maximum Gasteiger partial charge on any atom is 0.307 e. The molecule has 0 saturated carbocycles. The summed E-state index contributed by atoms with van der Waals surface area (Å²) >= 11 is 9.78. The van der Waals surface area contributed by atoms with Crippen molar-refractivity contribution in [2.45, 2.75) is 17.2 Å². The number of halogens is 1. The van der Waals surface area contributed by atoms with Crippen LogP contribution in [-0.2, 0) is 17.1 Å². The van der Waals surface area contributed by atoms with Gasteiger partial charge in [-0.15, -0.1) is 24.2 Å². The molecule has 0 aliphatic heterocycles. The minimum atomic E-state index is -0.923. The molecule has 78 valence electrons. The summed E-state index contributed by atoms with van der Waals surface area (Å²) in [4.78, 5) is 11.0. The first kappa shape index (κ1) is 11.9. The number of benzene rings is 1. The van der Waals surface area contributed by atoms with Gasteiger partial charge in [0.25, 0.3) is 0 Å². The first-order valence-electron chi connectivity index (χ1n) is 4.11. The molecule has 0 fully saturated rings. The van der Waals surface area contributed by atoms with Crippen molar-refractivity contribution in [3.05, 3.63) is 28.8 Å². The molecule has 0 aliphatic carbocycles. The van der Waals surface area contributed by atoms with Crippen LogP contribution in [0.2, 0.25) is 0 Å². The quantitative estimate of drug-likeness (QED) is 0.630. The maximum absolute atomic E-state index is 10.5. The number of carboxylic acids is 1. The molecule has 0 aromatic heterocycles. The van der Waals surface area contributed by atoms with E-state index < -0.39 is 5.97 Å². The monoisotopic (exact) mass is 241 g/mol. The Labute approximate surface area is 97.7 Å². The molecule has 1 aromatic rings. The first-order valence-corrected chi connectivity index (χ1v) is 5.09. The van der Waals surface area contributed by atoms with Crippen LogP contribution >= 0.6 is 24.2 Å². The Hall–Kier alpha value is -1.18. The fraction of sp³-hybridized carbons (Fsp3) is 0.200. The lowest BCUT2D eigenvalue weighted by Gasteiger charge is -2.06. The minimum Gasteiger partial charge on any atom is -0.481 e. The van der Waals surface area contributed by atoms with E-state index in [9.17, 15) is 4.79 Å². The molecule has 0 radical (unpaired) electrons. The van der Waals surface area contributed by atoms with E-state index in [2.05, 4.69) is 12.6 Å². The number of aliphatic carboxylic acids is 1. The Morgan fingerprint density at radius 1 is 1.60 bits per heavy atom. The Kier molecular flexibility index (Phi) is 4.01. The molecule has 0 aliphatic rings. The second-order valence-electron chi connectivity index (χ2n) is 2.97. The highest BCUT2D eigenvalue weighted by Gasteiger charge is 2.09. The molecule has 0 heterocycles. The molecular formula is C10H8ClNO2S. The van der Waals surface area contributed by atoms with Crippen LogP contribution in [0.1, 0.15) is 16.7 Å². The molecule has 1 N–H and O–H groups in total. The van der Waals surface area contributed by atoms with Gasteiger partial charge in [-0.05, 0) is 17.2 Å². The van der Waals surface area contributed by atoms with Crippen molar-refractivity contribution in [3.8, 4) is 6.07 Å². The molecular weight excluding hydrogens is 234 g/mol. The molecule has 0 unspecified atom stereocenters. The predicted molar refractivity (Wildman–Crippen MR) is 59.3 cm³/mol. The average molecular weight is 242 g/mol. The highest BCUT2D eigenvalue weighted by Crippen LogP contribution is 2.22. The lowest BCUT2D eigenvalue weighted by molar-refractivity contribution is -0.136. The van der Waals surface area contributed by atoms with Gasteiger partial charge in [-0.2, -0.15) is 5.26 Å². The van der Waals surface area contributed by atoms with E-state index in [0.29, 0.717) is 21.6 Å². The van der Waals surface area contributed by atoms with Gasteiger partial charge in [0.2, 0.25) is 0 Å². The zero-order valence-corrected chi connectivity index (χ0v) is 9.35. The van der Waals surface area contributed by atoms with Crippen LogP contribution in [-0.4, -0.2) is 11.1 Å². The largest absolute Gasteiger partial charge is 0.481 e. The fourth-order valence-corrected chi connectivity index (χ4v) is 1.83. The van der Waals surface area contributed by atoms with E-state index in [1.807, 2.05) is 6.07 Å². The van der Waals surface area contributed by atoms with Crippen molar-refractivity contribution in [1.82, 2.24) is 0 Å². The van der Waals surface area contributed by atoms with Crippen molar-refractivity contribution >= 4 is 30.2 Å². The van der Waals surface area contributed by atoms with E-state index in [4.69, 9.17) is 22.0 Å². The number of alkyl halides is 1. The number of rotatable bonds is 3. The van der Waals surface area contributed by atoms with E-state index >= 15 is 0 Å². The van der Waals surface area contributed by atoms with Crippen LogP contribution < -0.4 is 0 Å². The second-order valence-corrected chi connectivity index (χ2v) is 3.71. The smallest absolute Gasteiger partial charge is 0.307 e. The molecule has 15 heavy (non-hydrogen) atoms. The maximum atomic E-state index is 10.5. The zero-order valence-electron chi connectivity index (χ0n) is 7.70. The molecule has 5 heteroatoms. The lowest BCUT2D eigenvalue weighted by Crippen LogP contribution is -2.02. The number of thiol groups is 1. The van der Waals surface area contributed by atoms with Crippen LogP contribution in [0, 0.1) is 11.3 Å². The highest BCUT2D eigenvalue weighted by atomic mass is 35.5. The Balaban J connectivity index is 3.21. The fourth-order valence-electron chi connectivity index (χ4n) is 1.26. The summed E-state index contributed by atoms with van der Waals surface area (Å²) in [7, 11) is 0. The van der Waals surface area contributed by atoms with Crippen molar-refractivity contribution < 1.29 is 9.90 Å². The summed E-state index contributed by atoms with van der Waals surface area (Å²) in [6.45, 7) is 0. The molecule has 3 nitrogen and oxygen atoms in total. The molecule has 1 aromatic carbocycles. The van der Waals surface area contributed by atoms with Crippen LogP contribution in [0.15, 0.2) is 17.0 Å². The van der Waals surface area contributed by atoms with Crippen molar-refractivity contribution in [1.29, 1.82) is 5.26 Å². The summed E-state index contributed by atoms with van der Waals surface area (Å²) < 4.78 is 0. The molecule has 0 amide bonds. The van der Waals surface area contributed by atoms with Gasteiger partial charge in [-0.1, -0.05) is 6.07 Å². The summed E-state index contributed by atoms with van der Waals surface area (Å²) in [5.41, 5.74) is 1.62. The molecule has 0 spiro atoms. The van der Waals surface area contributed by atoms with Crippen LogP contribution in [0.5, 0.6) is 0 Å². The summed E-state index contributed by atoms with van der Waals surface area (Å²) in [6, 6.07) is 5.19. The van der Waals surface area contributed by atoms with Crippen LogP contribution in [0.3, 0.4) is 0 Å². The Morgan fingerprint density at radius 3 is 2.73 bits per heavy atom. The van der Waals surface area contributed by atoms with Crippen LogP contribution in [0.4, 0.5) is 0 Å². The Morgan fingerprint density at radius 2 is 2.27 bits per heavy atom. The van der Waals surface area contributed by atoms with Crippen LogP contribution in [0.25, 0.3) is 0 Å². The van der Waals surface area contributed by atoms with E-state index in [1.54, 1.807) is 12.1 Å². The van der Waals surface area contributed by atoms with Gasteiger partial charge >= 0.3 is 5.97 Å². The Bertz CT molecular complexity index is 440. The van der Waals surface area contributed by atoms with Gasteiger partial charge in [0.15, 0.2) is 0 Å². The third-order valence-corrected chi connectivity index (χ3v) is 2.51.